The molecule has 28 heavy (non-hydrogen) atoms. The van der Waals surface area contributed by atoms with Gasteiger partial charge in [0.15, 0.2) is 0 Å². The fourth-order valence-electron chi connectivity index (χ4n) is 3.74. The van der Waals surface area contributed by atoms with Crippen molar-refractivity contribution in [1.29, 1.82) is 0 Å². The van der Waals surface area contributed by atoms with Crippen LogP contribution in [0.2, 0.25) is 0 Å². The lowest BCUT2D eigenvalue weighted by Crippen LogP contribution is -1.79. The second-order valence-electron chi connectivity index (χ2n) is 6.75. The van der Waals surface area contributed by atoms with E-state index in [-0.39, 0.29) is 0 Å². The zero-order valence-corrected chi connectivity index (χ0v) is 15.5. The van der Waals surface area contributed by atoms with E-state index >= 15 is 0 Å². The first kappa shape index (κ1) is 15.4. The summed E-state index contributed by atoms with van der Waals surface area (Å²) in [5.74, 6) is 0. The third-order valence-electron chi connectivity index (χ3n) is 5.10. The van der Waals surface area contributed by atoms with E-state index in [1.54, 1.807) is 11.3 Å². The lowest BCUT2D eigenvalue weighted by molar-refractivity contribution is 1.09. The van der Waals surface area contributed by atoms with Gasteiger partial charge in [-0.3, -0.25) is 10.2 Å². The minimum atomic E-state index is 0.925. The summed E-state index contributed by atoms with van der Waals surface area (Å²) in [7, 11) is 0. The van der Waals surface area contributed by atoms with Crippen molar-refractivity contribution in [2.24, 2.45) is 0 Å². The summed E-state index contributed by atoms with van der Waals surface area (Å²) in [6.45, 7) is 0. The summed E-state index contributed by atoms with van der Waals surface area (Å²) >= 11 is 1.76. The van der Waals surface area contributed by atoms with Gasteiger partial charge in [0.2, 0.25) is 0 Å². The predicted molar refractivity (Wildman–Crippen MR) is 114 cm³/mol. The molecule has 0 radical (unpaired) electrons. The average molecular weight is 381 g/mol. The van der Waals surface area contributed by atoms with Crippen LogP contribution in [0.15, 0.2) is 72.4 Å². The normalized spacial score (nSPS) is 11.6. The van der Waals surface area contributed by atoms with Gasteiger partial charge in [-0.25, -0.2) is 0 Å². The highest BCUT2D eigenvalue weighted by atomic mass is 32.1. The predicted octanol–water partition coefficient (Wildman–Crippen LogP) is 5.83. The van der Waals surface area contributed by atoms with Crippen molar-refractivity contribution < 1.29 is 0 Å². The molecule has 0 atom stereocenters. The second-order valence-corrected chi connectivity index (χ2v) is 7.69. The van der Waals surface area contributed by atoms with Crippen LogP contribution >= 0.6 is 11.3 Å². The molecule has 0 spiro atoms. The summed E-state index contributed by atoms with van der Waals surface area (Å²) < 4.78 is 0. The number of aromatic amines is 3. The molecule has 3 N–H and O–H groups in total. The first-order valence-corrected chi connectivity index (χ1v) is 9.88. The molecule has 6 heteroatoms. The van der Waals surface area contributed by atoms with Gasteiger partial charge in [-0.05, 0) is 41.3 Å². The highest BCUT2D eigenvalue weighted by Gasteiger charge is 2.14. The summed E-state index contributed by atoms with van der Waals surface area (Å²) in [5.41, 5.74) is 7.48. The topological polar surface area (TPSA) is 73.2 Å². The van der Waals surface area contributed by atoms with Gasteiger partial charge in [0.1, 0.15) is 5.69 Å². The smallest absolute Gasteiger partial charge is 0.116 e. The number of aromatic nitrogens is 5. The Balaban J connectivity index is 1.55. The quantitative estimate of drug-likeness (QED) is 0.361. The Morgan fingerprint density at radius 1 is 0.857 bits per heavy atom. The Kier molecular flexibility index (Phi) is 3.27. The number of thiophene rings is 1. The monoisotopic (exact) mass is 381 g/mol. The Labute approximate surface area is 164 Å². The van der Waals surface area contributed by atoms with Gasteiger partial charge in [-0.1, -0.05) is 24.3 Å². The maximum Gasteiger partial charge on any atom is 0.116 e. The van der Waals surface area contributed by atoms with Crippen LogP contribution in [0.25, 0.3) is 54.8 Å². The number of hydrogen-bond donors (Lipinski definition) is 3. The molecule has 4 heterocycles. The molecule has 6 rings (SSSR count). The van der Waals surface area contributed by atoms with Gasteiger partial charge >= 0.3 is 0 Å². The van der Waals surface area contributed by atoms with Crippen molar-refractivity contribution in [1.82, 2.24) is 25.4 Å². The summed E-state index contributed by atoms with van der Waals surface area (Å²) in [6, 6.07) is 19.1. The molecular weight excluding hydrogens is 366 g/mol. The summed E-state index contributed by atoms with van der Waals surface area (Å²) in [6.07, 6.45) is 3.73. The SMILES string of the molecule is c1csc(-c2cccc3[nH]c(-c4n[nH]c5ccc(-c6cn[nH]c6)cc45)cc23)c1. The average Bonchev–Trinajstić information content (AvgIpc) is 3.53. The van der Waals surface area contributed by atoms with Crippen molar-refractivity contribution in [2.45, 2.75) is 0 Å². The van der Waals surface area contributed by atoms with Crippen LogP contribution in [0.5, 0.6) is 0 Å². The van der Waals surface area contributed by atoms with Crippen LogP contribution in [0, 0.1) is 0 Å². The number of H-pyrrole nitrogens is 3. The zero-order valence-electron chi connectivity index (χ0n) is 14.7. The van der Waals surface area contributed by atoms with Gasteiger partial charge in [0.25, 0.3) is 0 Å². The molecule has 0 aliphatic rings. The van der Waals surface area contributed by atoms with Crippen molar-refractivity contribution in [3.63, 3.8) is 0 Å². The summed E-state index contributed by atoms with van der Waals surface area (Å²) in [5, 5.41) is 19.1. The number of hydrogen-bond acceptors (Lipinski definition) is 3. The Bertz CT molecular complexity index is 1400. The Morgan fingerprint density at radius 2 is 1.86 bits per heavy atom. The molecule has 4 aromatic heterocycles. The van der Waals surface area contributed by atoms with E-state index in [0.717, 1.165) is 38.9 Å². The molecule has 2 aromatic carbocycles. The minimum Gasteiger partial charge on any atom is -0.353 e. The van der Waals surface area contributed by atoms with Gasteiger partial charge in [0, 0.05) is 38.5 Å². The maximum absolute atomic E-state index is 4.60. The number of rotatable bonds is 3. The molecule has 0 aliphatic heterocycles. The number of fused-ring (bicyclic) bond motifs is 2. The third kappa shape index (κ3) is 2.32. The Hall–Kier alpha value is -3.64. The number of nitrogens with zero attached hydrogens (tertiary/aromatic N) is 2. The molecule has 0 amide bonds. The van der Waals surface area contributed by atoms with E-state index in [2.05, 4.69) is 85.4 Å². The molecule has 5 nitrogen and oxygen atoms in total. The van der Waals surface area contributed by atoms with Crippen molar-refractivity contribution in [3.05, 3.63) is 72.4 Å². The molecule has 0 unspecified atom stereocenters. The van der Waals surface area contributed by atoms with Crippen LogP contribution in [0.3, 0.4) is 0 Å². The lowest BCUT2D eigenvalue weighted by atomic mass is 10.0. The second kappa shape index (κ2) is 5.94. The van der Waals surface area contributed by atoms with Gasteiger partial charge < -0.3 is 4.98 Å². The lowest BCUT2D eigenvalue weighted by Gasteiger charge is -1.99. The zero-order chi connectivity index (χ0) is 18.5. The van der Waals surface area contributed by atoms with Gasteiger partial charge in [-0.2, -0.15) is 10.2 Å². The van der Waals surface area contributed by atoms with Crippen LogP contribution < -0.4 is 0 Å². The van der Waals surface area contributed by atoms with E-state index in [1.807, 2.05) is 12.4 Å². The van der Waals surface area contributed by atoms with Crippen molar-refractivity contribution in [2.75, 3.05) is 0 Å². The van der Waals surface area contributed by atoms with E-state index in [9.17, 15) is 0 Å². The van der Waals surface area contributed by atoms with Crippen LogP contribution in [-0.4, -0.2) is 25.4 Å². The highest BCUT2D eigenvalue weighted by Crippen LogP contribution is 2.36. The van der Waals surface area contributed by atoms with Crippen molar-refractivity contribution >= 4 is 33.1 Å². The van der Waals surface area contributed by atoms with Gasteiger partial charge in [-0.15, -0.1) is 11.3 Å². The Morgan fingerprint density at radius 3 is 2.71 bits per heavy atom. The molecule has 6 aromatic rings. The fraction of sp³-hybridized carbons (Fsp3) is 0. The molecule has 0 saturated carbocycles. The molecule has 0 aliphatic carbocycles. The van der Waals surface area contributed by atoms with E-state index in [0.29, 0.717) is 0 Å². The third-order valence-corrected chi connectivity index (χ3v) is 6.00. The highest BCUT2D eigenvalue weighted by molar-refractivity contribution is 7.13. The van der Waals surface area contributed by atoms with Crippen LogP contribution in [-0.2, 0) is 0 Å². The standard InChI is InChI=1S/C22H15N5S/c1-3-15(21-5-2-8-28-21)16-10-20(25-18(16)4-1)22-17-9-13(14-11-23-24-12-14)6-7-19(17)26-27-22/h1-12,25H,(H,23,24)(H,26,27). The number of benzene rings is 2. The number of nitrogens with one attached hydrogen (secondary N) is 3. The van der Waals surface area contributed by atoms with E-state index in [1.165, 1.54) is 15.8 Å². The fourth-order valence-corrected chi connectivity index (χ4v) is 4.50. The largest absolute Gasteiger partial charge is 0.353 e. The van der Waals surface area contributed by atoms with Crippen molar-refractivity contribution in [3.8, 4) is 33.0 Å². The minimum absolute atomic E-state index is 0.925. The summed E-state index contributed by atoms with van der Waals surface area (Å²) in [4.78, 5) is 4.82. The molecular formula is C22H15N5S. The molecule has 0 saturated heterocycles. The van der Waals surface area contributed by atoms with E-state index < -0.39 is 0 Å². The molecule has 134 valence electrons. The first-order valence-electron chi connectivity index (χ1n) is 9.00. The van der Waals surface area contributed by atoms with Crippen LogP contribution in [0.4, 0.5) is 0 Å². The molecule has 0 fully saturated rings. The van der Waals surface area contributed by atoms with E-state index in [4.69, 9.17) is 0 Å². The van der Waals surface area contributed by atoms with Gasteiger partial charge in [0.05, 0.1) is 17.4 Å². The first-order chi connectivity index (χ1) is 13.9. The maximum atomic E-state index is 4.60. The molecule has 0 bridgehead atoms. The van der Waals surface area contributed by atoms with Crippen LogP contribution in [0.1, 0.15) is 0 Å².